The lowest BCUT2D eigenvalue weighted by atomic mass is 10.2. The summed E-state index contributed by atoms with van der Waals surface area (Å²) in [6.45, 7) is 0.0995. The topological polar surface area (TPSA) is 74.6 Å². The molecule has 0 atom stereocenters. The van der Waals surface area contributed by atoms with Crippen molar-refractivity contribution >= 4 is 27.5 Å². The number of carbonyl (C=O) groups is 1. The zero-order chi connectivity index (χ0) is 16.1. The van der Waals surface area contributed by atoms with Gasteiger partial charge in [-0.2, -0.15) is 5.10 Å². The minimum absolute atomic E-state index is 0.0995. The maximum Gasteiger partial charge on any atom is 0.246 e. The minimum Gasteiger partial charge on any atom is -0.493 e. The molecule has 2 aromatic rings. The van der Waals surface area contributed by atoms with Gasteiger partial charge in [-0.05, 0) is 15.9 Å². The van der Waals surface area contributed by atoms with Gasteiger partial charge in [0.15, 0.2) is 11.5 Å². The van der Waals surface area contributed by atoms with Gasteiger partial charge in [0.2, 0.25) is 11.7 Å². The molecule has 0 spiro atoms. The number of amides is 1. The second-order valence-corrected chi connectivity index (χ2v) is 5.23. The first kappa shape index (κ1) is 16.2. The molecule has 1 N–H and O–H groups in total. The van der Waals surface area contributed by atoms with Crippen molar-refractivity contribution < 1.29 is 19.0 Å². The number of benzene rings is 1. The number of rotatable bonds is 6. The molecular formula is C14H16BrN3O4. The molecule has 0 aliphatic carbocycles. The molecule has 1 heterocycles. The van der Waals surface area contributed by atoms with Crippen molar-refractivity contribution in [3.63, 3.8) is 0 Å². The Morgan fingerprint density at radius 3 is 2.32 bits per heavy atom. The van der Waals surface area contributed by atoms with E-state index in [4.69, 9.17) is 14.2 Å². The Morgan fingerprint density at radius 2 is 1.86 bits per heavy atom. The number of aromatic nitrogens is 2. The van der Waals surface area contributed by atoms with Gasteiger partial charge in [0.25, 0.3) is 0 Å². The van der Waals surface area contributed by atoms with E-state index in [0.29, 0.717) is 22.9 Å². The second kappa shape index (κ2) is 7.17. The van der Waals surface area contributed by atoms with E-state index in [1.54, 1.807) is 24.5 Å². The van der Waals surface area contributed by atoms with E-state index >= 15 is 0 Å². The Bertz CT molecular complexity index is 647. The summed E-state index contributed by atoms with van der Waals surface area (Å²) in [7, 11) is 4.56. The van der Waals surface area contributed by atoms with Gasteiger partial charge >= 0.3 is 0 Å². The fourth-order valence-electron chi connectivity index (χ4n) is 1.93. The van der Waals surface area contributed by atoms with E-state index in [9.17, 15) is 4.79 Å². The van der Waals surface area contributed by atoms with Crippen LogP contribution in [0.4, 0.5) is 5.69 Å². The van der Waals surface area contributed by atoms with Gasteiger partial charge in [0.05, 0.1) is 32.0 Å². The number of ether oxygens (including phenoxy) is 3. The molecule has 1 aromatic carbocycles. The fraction of sp³-hybridized carbons (Fsp3) is 0.286. The average molecular weight is 370 g/mol. The number of nitrogens with one attached hydrogen (secondary N) is 1. The minimum atomic E-state index is -0.218. The van der Waals surface area contributed by atoms with Crippen LogP contribution in [0, 0.1) is 0 Å². The fourth-order valence-corrected chi connectivity index (χ4v) is 2.25. The van der Waals surface area contributed by atoms with Crippen LogP contribution in [-0.2, 0) is 11.3 Å². The van der Waals surface area contributed by atoms with Crippen LogP contribution in [0.3, 0.4) is 0 Å². The van der Waals surface area contributed by atoms with E-state index in [1.165, 1.54) is 26.0 Å². The molecule has 0 saturated heterocycles. The number of hydrogen-bond donors (Lipinski definition) is 1. The Kier molecular flexibility index (Phi) is 5.26. The average Bonchev–Trinajstić information content (AvgIpc) is 2.90. The lowest BCUT2D eigenvalue weighted by Gasteiger charge is -2.14. The van der Waals surface area contributed by atoms with Gasteiger partial charge in [0, 0.05) is 24.0 Å². The Hall–Kier alpha value is -2.22. The molecule has 0 bridgehead atoms. The van der Waals surface area contributed by atoms with Gasteiger partial charge in [-0.3, -0.25) is 9.48 Å². The first-order valence-corrected chi connectivity index (χ1v) is 7.14. The molecule has 0 radical (unpaired) electrons. The van der Waals surface area contributed by atoms with Gasteiger partial charge in [-0.15, -0.1) is 0 Å². The number of hydrogen-bond acceptors (Lipinski definition) is 5. The summed E-state index contributed by atoms with van der Waals surface area (Å²) in [5.74, 6) is 1.20. The van der Waals surface area contributed by atoms with Crippen molar-refractivity contribution in [1.82, 2.24) is 9.78 Å². The molecule has 0 aliphatic rings. The summed E-state index contributed by atoms with van der Waals surface area (Å²) in [6, 6.07) is 3.33. The molecule has 2 rings (SSSR count). The quantitative estimate of drug-likeness (QED) is 0.845. The molecule has 118 valence electrons. The number of carbonyl (C=O) groups excluding carboxylic acids is 1. The molecule has 7 nitrogen and oxygen atoms in total. The normalized spacial score (nSPS) is 10.2. The zero-order valence-electron chi connectivity index (χ0n) is 12.4. The van der Waals surface area contributed by atoms with Gasteiger partial charge in [0.1, 0.15) is 6.54 Å². The summed E-state index contributed by atoms with van der Waals surface area (Å²) in [5, 5.41) is 6.80. The maximum atomic E-state index is 12.0. The first-order valence-electron chi connectivity index (χ1n) is 6.35. The van der Waals surface area contributed by atoms with Crippen molar-refractivity contribution in [3.05, 3.63) is 29.0 Å². The smallest absolute Gasteiger partial charge is 0.246 e. The molecule has 8 heteroatoms. The Morgan fingerprint density at radius 1 is 1.23 bits per heavy atom. The van der Waals surface area contributed by atoms with E-state index in [2.05, 4.69) is 26.3 Å². The summed E-state index contributed by atoms with van der Waals surface area (Å²) in [6.07, 6.45) is 3.33. The standard InChI is InChI=1S/C14H16BrN3O4/c1-20-11-4-10(5-12(21-2)14(11)22-3)17-13(19)8-18-7-9(15)6-16-18/h4-7H,8H2,1-3H3,(H,17,19). The van der Waals surface area contributed by atoms with Crippen molar-refractivity contribution in [2.24, 2.45) is 0 Å². The van der Waals surface area contributed by atoms with Crippen LogP contribution in [-0.4, -0.2) is 37.0 Å². The third-order valence-electron chi connectivity index (χ3n) is 2.86. The Labute approximate surface area is 136 Å². The highest BCUT2D eigenvalue weighted by Gasteiger charge is 2.14. The van der Waals surface area contributed by atoms with Crippen molar-refractivity contribution in [1.29, 1.82) is 0 Å². The van der Waals surface area contributed by atoms with Crippen LogP contribution < -0.4 is 19.5 Å². The molecular weight excluding hydrogens is 354 g/mol. The third-order valence-corrected chi connectivity index (χ3v) is 3.27. The van der Waals surface area contributed by atoms with Gasteiger partial charge < -0.3 is 19.5 Å². The lowest BCUT2D eigenvalue weighted by Crippen LogP contribution is -2.19. The SMILES string of the molecule is COc1cc(NC(=O)Cn2cc(Br)cn2)cc(OC)c1OC. The molecule has 0 fully saturated rings. The second-order valence-electron chi connectivity index (χ2n) is 4.32. The molecule has 22 heavy (non-hydrogen) atoms. The maximum absolute atomic E-state index is 12.0. The number of halogens is 1. The van der Waals surface area contributed by atoms with Crippen LogP contribution >= 0.6 is 15.9 Å². The number of nitrogens with zero attached hydrogens (tertiary/aromatic N) is 2. The molecule has 0 unspecified atom stereocenters. The number of methoxy groups -OCH3 is 3. The molecule has 0 aliphatic heterocycles. The van der Waals surface area contributed by atoms with E-state index < -0.39 is 0 Å². The third kappa shape index (κ3) is 3.70. The summed E-state index contributed by atoms with van der Waals surface area (Å²) in [5.41, 5.74) is 0.547. The predicted molar refractivity (Wildman–Crippen MR) is 84.7 cm³/mol. The predicted octanol–water partition coefficient (Wildman–Crippen LogP) is 2.31. The monoisotopic (exact) mass is 369 g/mol. The Balaban J connectivity index is 2.16. The van der Waals surface area contributed by atoms with Crippen LogP contribution in [0.2, 0.25) is 0 Å². The van der Waals surface area contributed by atoms with Crippen molar-refractivity contribution in [2.75, 3.05) is 26.6 Å². The molecule has 1 aromatic heterocycles. The summed E-state index contributed by atoms with van der Waals surface area (Å²) in [4.78, 5) is 12.0. The van der Waals surface area contributed by atoms with Crippen LogP contribution in [0.15, 0.2) is 29.0 Å². The van der Waals surface area contributed by atoms with Crippen LogP contribution in [0.25, 0.3) is 0 Å². The lowest BCUT2D eigenvalue weighted by molar-refractivity contribution is -0.116. The van der Waals surface area contributed by atoms with Gasteiger partial charge in [-0.25, -0.2) is 0 Å². The van der Waals surface area contributed by atoms with E-state index in [0.717, 1.165) is 4.47 Å². The number of anilines is 1. The first-order chi connectivity index (χ1) is 10.6. The van der Waals surface area contributed by atoms with E-state index in [-0.39, 0.29) is 12.5 Å². The zero-order valence-corrected chi connectivity index (χ0v) is 14.0. The highest BCUT2D eigenvalue weighted by Crippen LogP contribution is 2.39. The van der Waals surface area contributed by atoms with Crippen LogP contribution in [0.5, 0.6) is 17.2 Å². The summed E-state index contributed by atoms with van der Waals surface area (Å²) < 4.78 is 18.1. The van der Waals surface area contributed by atoms with E-state index in [1.807, 2.05) is 0 Å². The highest BCUT2D eigenvalue weighted by atomic mass is 79.9. The summed E-state index contributed by atoms with van der Waals surface area (Å²) >= 11 is 3.28. The van der Waals surface area contributed by atoms with Crippen molar-refractivity contribution in [2.45, 2.75) is 6.54 Å². The largest absolute Gasteiger partial charge is 0.493 e. The highest BCUT2D eigenvalue weighted by molar-refractivity contribution is 9.10. The van der Waals surface area contributed by atoms with Crippen LogP contribution in [0.1, 0.15) is 0 Å². The van der Waals surface area contributed by atoms with Crippen molar-refractivity contribution in [3.8, 4) is 17.2 Å². The molecule has 0 saturated carbocycles. The van der Waals surface area contributed by atoms with Gasteiger partial charge in [-0.1, -0.05) is 0 Å². The molecule has 1 amide bonds.